The quantitative estimate of drug-likeness (QED) is 0.307. The van der Waals surface area contributed by atoms with Crippen LogP contribution >= 0.6 is 23.2 Å². The van der Waals surface area contributed by atoms with Gasteiger partial charge >= 0.3 is 0 Å². The molecule has 1 fully saturated rings. The molecule has 0 spiro atoms. The molecule has 0 unspecified atom stereocenters. The smallest absolute Gasteiger partial charge is 0.236 e. The van der Waals surface area contributed by atoms with E-state index in [2.05, 4.69) is 9.88 Å². The van der Waals surface area contributed by atoms with Crippen molar-refractivity contribution in [2.24, 2.45) is 0 Å². The van der Waals surface area contributed by atoms with Crippen molar-refractivity contribution in [2.75, 3.05) is 49.2 Å². The lowest BCUT2D eigenvalue weighted by atomic mass is 10.2. The maximum Gasteiger partial charge on any atom is 0.236 e. The first-order valence-corrected chi connectivity index (χ1v) is 14.3. The van der Waals surface area contributed by atoms with Crippen LogP contribution in [0.25, 0.3) is 11.5 Å². The summed E-state index contributed by atoms with van der Waals surface area (Å²) in [5.41, 5.74) is 1.60. The fraction of sp³-hybridized carbons (Fsp3) is 0.222. The highest BCUT2D eigenvalue weighted by Gasteiger charge is 2.34. The average molecular weight is 572 g/mol. The van der Waals surface area contributed by atoms with Gasteiger partial charge in [-0.1, -0.05) is 35.3 Å². The van der Waals surface area contributed by atoms with Crippen LogP contribution in [0.5, 0.6) is 11.5 Å². The van der Waals surface area contributed by atoms with E-state index in [4.69, 9.17) is 37.1 Å². The molecule has 3 aromatic carbocycles. The summed E-state index contributed by atoms with van der Waals surface area (Å²) < 4.78 is 45.2. The van der Waals surface area contributed by atoms with Gasteiger partial charge in [-0.3, -0.25) is 0 Å². The molecule has 2 aliphatic heterocycles. The number of sulfone groups is 1. The second-order valence-corrected chi connectivity index (χ2v) is 11.6. The number of fused-ring (bicyclic) bond motifs is 1. The Morgan fingerprint density at radius 3 is 2.18 bits per heavy atom. The number of ether oxygens (including phenoxy) is 2. The fourth-order valence-corrected chi connectivity index (χ4v) is 6.27. The van der Waals surface area contributed by atoms with Crippen LogP contribution < -0.4 is 19.3 Å². The van der Waals surface area contributed by atoms with Crippen LogP contribution in [0.1, 0.15) is 0 Å². The molecule has 4 aromatic rings. The highest BCUT2D eigenvalue weighted by Crippen LogP contribution is 2.39. The number of aromatic nitrogens is 1. The average Bonchev–Trinajstić information content (AvgIpc) is 3.40. The third-order valence-corrected chi connectivity index (χ3v) is 8.59. The van der Waals surface area contributed by atoms with Crippen LogP contribution in [0.15, 0.2) is 81.1 Å². The molecule has 0 atom stereocenters. The Morgan fingerprint density at radius 2 is 1.45 bits per heavy atom. The van der Waals surface area contributed by atoms with Crippen molar-refractivity contribution in [1.82, 2.24) is 4.98 Å². The van der Waals surface area contributed by atoms with E-state index in [1.807, 2.05) is 29.2 Å². The highest BCUT2D eigenvalue weighted by molar-refractivity contribution is 7.91. The van der Waals surface area contributed by atoms with Gasteiger partial charge in [0.2, 0.25) is 26.6 Å². The molecule has 6 rings (SSSR count). The maximum absolute atomic E-state index is 13.9. The molecule has 3 heterocycles. The summed E-state index contributed by atoms with van der Waals surface area (Å²) in [6.07, 6.45) is 0. The van der Waals surface area contributed by atoms with Crippen LogP contribution in [0.4, 0.5) is 11.6 Å². The zero-order valence-electron chi connectivity index (χ0n) is 20.1. The fourth-order valence-electron chi connectivity index (χ4n) is 4.56. The van der Waals surface area contributed by atoms with Gasteiger partial charge in [0.25, 0.3) is 0 Å². The number of benzene rings is 3. The van der Waals surface area contributed by atoms with Gasteiger partial charge in [0, 0.05) is 53.5 Å². The van der Waals surface area contributed by atoms with Crippen molar-refractivity contribution in [1.29, 1.82) is 0 Å². The van der Waals surface area contributed by atoms with Gasteiger partial charge in [0.15, 0.2) is 11.5 Å². The Balaban J connectivity index is 1.37. The Hall–Kier alpha value is -3.40. The van der Waals surface area contributed by atoms with Crippen LogP contribution in [0, 0.1) is 0 Å². The summed E-state index contributed by atoms with van der Waals surface area (Å²) in [6, 6.07) is 19.2. The molecule has 1 saturated heterocycles. The third kappa shape index (κ3) is 4.77. The number of piperazine rings is 1. The van der Waals surface area contributed by atoms with Crippen molar-refractivity contribution in [3.8, 4) is 23.0 Å². The molecule has 38 heavy (non-hydrogen) atoms. The van der Waals surface area contributed by atoms with E-state index in [0.29, 0.717) is 66.5 Å². The topological polar surface area (TPSA) is 85.1 Å². The summed E-state index contributed by atoms with van der Waals surface area (Å²) in [5.74, 6) is 1.26. The van der Waals surface area contributed by atoms with Crippen LogP contribution in [-0.2, 0) is 9.84 Å². The van der Waals surface area contributed by atoms with Crippen molar-refractivity contribution >= 4 is 44.6 Å². The minimum atomic E-state index is -4.07. The molecular formula is C27H23Cl2N3O5S. The zero-order chi connectivity index (χ0) is 26.3. The van der Waals surface area contributed by atoms with Gasteiger partial charge in [0.1, 0.15) is 13.2 Å². The first kappa shape index (κ1) is 24.9. The predicted molar refractivity (Wildman–Crippen MR) is 146 cm³/mol. The number of nitrogens with zero attached hydrogens (tertiary/aromatic N) is 3. The second kappa shape index (κ2) is 10.1. The van der Waals surface area contributed by atoms with E-state index in [1.165, 1.54) is 12.1 Å². The summed E-state index contributed by atoms with van der Waals surface area (Å²) in [5, 5.41) is 1.01. The number of oxazole rings is 1. The lowest BCUT2D eigenvalue weighted by molar-refractivity contribution is 0.171. The van der Waals surface area contributed by atoms with Gasteiger partial charge in [-0.2, -0.15) is 4.98 Å². The first-order valence-electron chi connectivity index (χ1n) is 12.1. The van der Waals surface area contributed by atoms with Crippen LogP contribution in [0.3, 0.4) is 0 Å². The SMILES string of the molecule is O=S(=O)(c1ccc2c(c1)OCCO2)c1nc(-c2cccc(Cl)c2)oc1N1CCN(c2cccc(Cl)c2)CC1. The van der Waals surface area contributed by atoms with Crippen molar-refractivity contribution < 1.29 is 22.3 Å². The standard InChI is InChI=1S/C27H23Cl2N3O5S/c28-19-4-1-3-18(15-19)25-30-26(38(33,34)22-7-8-23-24(17-22)36-14-13-35-23)27(37-25)32-11-9-31(10-12-32)21-6-2-5-20(29)16-21/h1-8,15-17H,9-14H2. The lowest BCUT2D eigenvalue weighted by Crippen LogP contribution is -2.46. The number of anilines is 2. The number of rotatable bonds is 5. The van der Waals surface area contributed by atoms with Crippen LogP contribution in [0.2, 0.25) is 10.0 Å². The monoisotopic (exact) mass is 571 g/mol. The Labute approximate surface area is 230 Å². The van der Waals surface area contributed by atoms with Crippen molar-refractivity contribution in [2.45, 2.75) is 9.92 Å². The first-order chi connectivity index (χ1) is 18.4. The molecule has 11 heteroatoms. The third-order valence-electron chi connectivity index (χ3n) is 6.47. The van der Waals surface area contributed by atoms with Gasteiger partial charge in [-0.05, 0) is 48.5 Å². The maximum atomic E-state index is 13.9. The summed E-state index contributed by atoms with van der Waals surface area (Å²) >= 11 is 12.4. The number of hydrogen-bond donors (Lipinski definition) is 0. The zero-order valence-corrected chi connectivity index (χ0v) is 22.5. The minimum Gasteiger partial charge on any atom is -0.486 e. The Kier molecular flexibility index (Phi) is 6.59. The van der Waals surface area contributed by atoms with E-state index < -0.39 is 9.84 Å². The van der Waals surface area contributed by atoms with Crippen molar-refractivity contribution in [3.05, 3.63) is 76.8 Å². The van der Waals surface area contributed by atoms with E-state index in [1.54, 1.807) is 30.3 Å². The van der Waals surface area contributed by atoms with Gasteiger partial charge in [0.05, 0.1) is 4.90 Å². The molecule has 0 saturated carbocycles. The normalized spacial score (nSPS) is 15.5. The molecule has 0 radical (unpaired) electrons. The Bertz CT molecular complexity index is 1600. The summed E-state index contributed by atoms with van der Waals surface area (Å²) in [6.45, 7) is 3.12. The predicted octanol–water partition coefficient (Wildman–Crippen LogP) is 5.58. The molecule has 8 nitrogen and oxygen atoms in total. The van der Waals surface area contributed by atoms with E-state index in [0.717, 1.165) is 5.69 Å². The molecule has 1 aromatic heterocycles. The largest absolute Gasteiger partial charge is 0.486 e. The highest BCUT2D eigenvalue weighted by atomic mass is 35.5. The molecule has 2 aliphatic rings. The van der Waals surface area contributed by atoms with E-state index >= 15 is 0 Å². The molecular weight excluding hydrogens is 549 g/mol. The number of hydrogen-bond acceptors (Lipinski definition) is 8. The minimum absolute atomic E-state index is 0.0477. The van der Waals surface area contributed by atoms with E-state index in [-0.39, 0.29) is 21.7 Å². The molecule has 0 amide bonds. The molecule has 0 N–H and O–H groups in total. The summed E-state index contributed by atoms with van der Waals surface area (Å²) in [4.78, 5) is 8.65. The van der Waals surface area contributed by atoms with Crippen molar-refractivity contribution in [3.63, 3.8) is 0 Å². The second-order valence-electron chi connectivity index (χ2n) is 8.90. The van der Waals surface area contributed by atoms with Crippen LogP contribution in [-0.4, -0.2) is 52.8 Å². The molecule has 196 valence electrons. The number of halogens is 2. The Morgan fingerprint density at radius 1 is 0.763 bits per heavy atom. The van der Waals surface area contributed by atoms with Gasteiger partial charge in [-0.15, -0.1) is 0 Å². The lowest BCUT2D eigenvalue weighted by Gasteiger charge is -2.36. The molecule has 0 aliphatic carbocycles. The summed E-state index contributed by atoms with van der Waals surface area (Å²) in [7, 11) is -4.07. The van der Waals surface area contributed by atoms with Gasteiger partial charge in [-0.25, -0.2) is 8.42 Å². The van der Waals surface area contributed by atoms with Gasteiger partial charge < -0.3 is 23.7 Å². The molecule has 0 bridgehead atoms. The van der Waals surface area contributed by atoms with E-state index in [9.17, 15) is 8.42 Å².